The van der Waals surface area contributed by atoms with E-state index in [1.54, 1.807) is 13.2 Å². The third-order valence-corrected chi connectivity index (χ3v) is 5.24. The highest BCUT2D eigenvalue weighted by Crippen LogP contribution is 2.39. The van der Waals surface area contributed by atoms with Crippen LogP contribution in [0.2, 0.25) is 5.02 Å². The number of halogens is 1. The maximum absolute atomic E-state index is 11.9. The van der Waals surface area contributed by atoms with Crippen molar-refractivity contribution in [1.82, 2.24) is 4.90 Å². The van der Waals surface area contributed by atoms with Crippen molar-refractivity contribution in [1.29, 1.82) is 0 Å². The minimum Gasteiger partial charge on any atom is -0.496 e. The Bertz CT molecular complexity index is 793. The number of aryl methyl sites for hydroxylation is 1. The number of hydrogen-bond donors (Lipinski definition) is 1. The van der Waals surface area contributed by atoms with Crippen molar-refractivity contribution in [2.45, 2.75) is 38.3 Å². The van der Waals surface area contributed by atoms with E-state index in [0.29, 0.717) is 11.4 Å². The molecule has 4 nitrogen and oxygen atoms in total. The Morgan fingerprint density at radius 3 is 2.77 bits per heavy atom. The van der Waals surface area contributed by atoms with Crippen LogP contribution in [0.15, 0.2) is 42.5 Å². The highest BCUT2D eigenvalue weighted by Gasteiger charge is 2.36. The van der Waals surface area contributed by atoms with Gasteiger partial charge in [-0.2, -0.15) is 0 Å². The van der Waals surface area contributed by atoms with Crippen LogP contribution in [0, 0.1) is 6.92 Å². The molecule has 1 aliphatic heterocycles. The van der Waals surface area contributed by atoms with E-state index in [0.717, 1.165) is 41.8 Å². The molecule has 1 saturated heterocycles. The fourth-order valence-corrected chi connectivity index (χ4v) is 4.02. The molecule has 0 spiro atoms. The minimum atomic E-state index is -0.775. The molecule has 0 aliphatic carbocycles. The first-order valence-electron chi connectivity index (χ1n) is 8.90. The number of carboxylic acids is 1. The van der Waals surface area contributed by atoms with Gasteiger partial charge in [-0.3, -0.25) is 9.69 Å². The molecular formula is C21H24ClNO3. The molecular weight excluding hydrogens is 350 g/mol. The van der Waals surface area contributed by atoms with E-state index < -0.39 is 12.0 Å². The number of aliphatic carboxylic acids is 1. The van der Waals surface area contributed by atoms with Gasteiger partial charge >= 0.3 is 5.97 Å². The molecule has 0 saturated carbocycles. The summed E-state index contributed by atoms with van der Waals surface area (Å²) >= 11 is 6.28. The molecule has 5 heteroatoms. The maximum Gasteiger partial charge on any atom is 0.320 e. The van der Waals surface area contributed by atoms with Gasteiger partial charge in [0.25, 0.3) is 0 Å². The van der Waals surface area contributed by atoms with E-state index in [1.807, 2.05) is 37.3 Å². The molecule has 138 valence electrons. The maximum atomic E-state index is 11.9. The van der Waals surface area contributed by atoms with E-state index >= 15 is 0 Å². The standard InChI is InChI=1S/C21H24ClNO3/c1-14-6-5-7-15(12-14)20(17-13-16(22)9-10-19(17)26-2)23-11-4-3-8-18(23)21(24)25/h5-7,9-10,12-13,18,20H,3-4,8,11H2,1-2H3,(H,24,25). The average molecular weight is 374 g/mol. The summed E-state index contributed by atoms with van der Waals surface area (Å²) in [5, 5.41) is 10.4. The summed E-state index contributed by atoms with van der Waals surface area (Å²) in [6, 6.07) is 13.0. The van der Waals surface area contributed by atoms with E-state index in [9.17, 15) is 9.90 Å². The topological polar surface area (TPSA) is 49.8 Å². The van der Waals surface area contributed by atoms with Crippen molar-refractivity contribution in [3.8, 4) is 5.75 Å². The quantitative estimate of drug-likeness (QED) is 0.826. The number of piperidine rings is 1. The van der Waals surface area contributed by atoms with Crippen LogP contribution in [0.4, 0.5) is 0 Å². The fourth-order valence-electron chi connectivity index (χ4n) is 3.84. The lowest BCUT2D eigenvalue weighted by molar-refractivity contribution is -0.145. The Labute approximate surface area is 159 Å². The Kier molecular flexibility index (Phi) is 5.84. The van der Waals surface area contributed by atoms with E-state index in [2.05, 4.69) is 11.0 Å². The SMILES string of the molecule is COc1ccc(Cl)cc1C(c1cccc(C)c1)N1CCCCC1C(=O)O. The van der Waals surface area contributed by atoms with Crippen LogP contribution in [0.5, 0.6) is 5.75 Å². The highest BCUT2D eigenvalue weighted by molar-refractivity contribution is 6.30. The summed E-state index contributed by atoms with van der Waals surface area (Å²) < 4.78 is 5.59. The van der Waals surface area contributed by atoms with Gasteiger partial charge in [0.05, 0.1) is 13.2 Å². The van der Waals surface area contributed by atoms with Gasteiger partial charge in [-0.05, 0) is 50.1 Å². The molecule has 2 unspecified atom stereocenters. The first kappa shape index (κ1) is 18.7. The van der Waals surface area contributed by atoms with Crippen molar-refractivity contribution in [2.24, 2.45) is 0 Å². The number of likely N-dealkylation sites (tertiary alicyclic amines) is 1. The van der Waals surface area contributed by atoms with E-state index in [1.165, 1.54) is 0 Å². The molecule has 1 heterocycles. The number of hydrogen-bond acceptors (Lipinski definition) is 3. The van der Waals surface area contributed by atoms with Crippen LogP contribution in [0.1, 0.15) is 42.0 Å². The van der Waals surface area contributed by atoms with E-state index in [4.69, 9.17) is 16.3 Å². The predicted molar refractivity (Wildman–Crippen MR) is 103 cm³/mol. The van der Waals surface area contributed by atoms with Crippen LogP contribution in [-0.2, 0) is 4.79 Å². The van der Waals surface area contributed by atoms with Gasteiger partial charge in [0, 0.05) is 10.6 Å². The second-order valence-electron chi connectivity index (χ2n) is 6.79. The minimum absolute atomic E-state index is 0.218. The monoisotopic (exact) mass is 373 g/mol. The molecule has 0 bridgehead atoms. The second-order valence-corrected chi connectivity index (χ2v) is 7.23. The van der Waals surface area contributed by atoms with Crippen molar-refractivity contribution >= 4 is 17.6 Å². The number of benzene rings is 2. The average Bonchev–Trinajstić information content (AvgIpc) is 2.62. The van der Waals surface area contributed by atoms with Crippen molar-refractivity contribution in [2.75, 3.05) is 13.7 Å². The molecule has 1 fully saturated rings. The van der Waals surface area contributed by atoms with Crippen molar-refractivity contribution < 1.29 is 14.6 Å². The third kappa shape index (κ3) is 3.87. The predicted octanol–water partition coefficient (Wildman–Crippen LogP) is 4.69. The number of carbonyl (C=O) groups is 1. The first-order valence-corrected chi connectivity index (χ1v) is 9.27. The molecule has 2 atom stereocenters. The number of ether oxygens (including phenoxy) is 1. The summed E-state index contributed by atoms with van der Waals surface area (Å²) in [4.78, 5) is 14.0. The molecule has 1 aliphatic rings. The lowest BCUT2D eigenvalue weighted by atomic mass is 9.90. The van der Waals surface area contributed by atoms with Gasteiger partial charge in [-0.15, -0.1) is 0 Å². The molecule has 2 aromatic rings. The van der Waals surface area contributed by atoms with Gasteiger partial charge < -0.3 is 9.84 Å². The van der Waals surface area contributed by atoms with Crippen LogP contribution in [0.3, 0.4) is 0 Å². The molecule has 1 N–H and O–H groups in total. The summed E-state index contributed by atoms with van der Waals surface area (Å²) in [6.07, 6.45) is 2.57. The van der Waals surface area contributed by atoms with Gasteiger partial charge in [0.2, 0.25) is 0 Å². The van der Waals surface area contributed by atoms with Crippen molar-refractivity contribution in [3.05, 3.63) is 64.2 Å². The van der Waals surface area contributed by atoms with E-state index in [-0.39, 0.29) is 6.04 Å². The van der Waals surface area contributed by atoms with Gasteiger partial charge in [-0.25, -0.2) is 0 Å². The Morgan fingerprint density at radius 1 is 1.27 bits per heavy atom. The lowest BCUT2D eigenvalue weighted by Crippen LogP contribution is -2.46. The third-order valence-electron chi connectivity index (χ3n) is 5.01. The molecule has 26 heavy (non-hydrogen) atoms. The molecule has 0 amide bonds. The fraction of sp³-hybridized carbons (Fsp3) is 0.381. The zero-order chi connectivity index (χ0) is 18.7. The van der Waals surface area contributed by atoms with Gasteiger partial charge in [-0.1, -0.05) is 47.9 Å². The molecule has 2 aromatic carbocycles. The van der Waals surface area contributed by atoms with Crippen LogP contribution in [-0.4, -0.2) is 35.7 Å². The molecule has 0 aromatic heterocycles. The van der Waals surface area contributed by atoms with Crippen LogP contribution < -0.4 is 4.74 Å². The molecule has 0 radical (unpaired) electrons. The summed E-state index contributed by atoms with van der Waals surface area (Å²) in [5.74, 6) is -0.0565. The van der Waals surface area contributed by atoms with Crippen molar-refractivity contribution in [3.63, 3.8) is 0 Å². The van der Waals surface area contributed by atoms with Gasteiger partial charge in [0.15, 0.2) is 0 Å². The summed E-state index contributed by atoms with van der Waals surface area (Å²) in [5.41, 5.74) is 3.09. The first-order chi connectivity index (χ1) is 12.5. The Morgan fingerprint density at radius 2 is 2.08 bits per heavy atom. The summed E-state index contributed by atoms with van der Waals surface area (Å²) in [6.45, 7) is 2.77. The number of methoxy groups -OCH3 is 1. The van der Waals surface area contributed by atoms with Crippen LogP contribution >= 0.6 is 11.6 Å². The van der Waals surface area contributed by atoms with Gasteiger partial charge in [0.1, 0.15) is 11.8 Å². The number of rotatable bonds is 5. The number of nitrogens with zero attached hydrogens (tertiary/aromatic N) is 1. The largest absolute Gasteiger partial charge is 0.496 e. The lowest BCUT2D eigenvalue weighted by Gasteiger charge is -2.40. The zero-order valence-electron chi connectivity index (χ0n) is 15.1. The normalized spacial score (nSPS) is 19.1. The Hall–Kier alpha value is -2.04. The Balaban J connectivity index is 2.17. The molecule has 3 rings (SSSR count). The number of carboxylic acid groups (broad SMARTS) is 1. The smallest absolute Gasteiger partial charge is 0.320 e. The summed E-state index contributed by atoms with van der Waals surface area (Å²) in [7, 11) is 1.63. The second kappa shape index (κ2) is 8.11. The van der Waals surface area contributed by atoms with Crippen LogP contribution in [0.25, 0.3) is 0 Å². The zero-order valence-corrected chi connectivity index (χ0v) is 15.9. The highest BCUT2D eigenvalue weighted by atomic mass is 35.5.